The maximum atomic E-state index is 11.8. The van der Waals surface area contributed by atoms with Crippen LogP contribution in [0.1, 0.15) is 5.56 Å². The highest BCUT2D eigenvalue weighted by Crippen LogP contribution is 2.15. The first kappa shape index (κ1) is 14.7. The van der Waals surface area contributed by atoms with Gasteiger partial charge in [-0.05, 0) is 59.3 Å². The van der Waals surface area contributed by atoms with Crippen molar-refractivity contribution in [1.82, 2.24) is 20.2 Å². The number of ether oxygens (including phenoxy) is 2. The normalized spacial score (nSPS) is 10.3. The average molecular weight is 310 g/mol. The molecule has 7 heteroatoms. The number of hydrogen-bond donors (Lipinski definition) is 0. The lowest BCUT2D eigenvalue weighted by Gasteiger charge is -2.07. The maximum absolute atomic E-state index is 11.8. The summed E-state index contributed by atoms with van der Waals surface area (Å²) in [6, 6.07) is 14.3. The van der Waals surface area contributed by atoms with Crippen molar-refractivity contribution in [1.29, 1.82) is 0 Å². The number of esters is 1. The van der Waals surface area contributed by atoms with Crippen molar-refractivity contribution >= 4 is 5.97 Å². The van der Waals surface area contributed by atoms with Gasteiger partial charge < -0.3 is 9.47 Å². The third kappa shape index (κ3) is 3.91. The van der Waals surface area contributed by atoms with Gasteiger partial charge in [-0.1, -0.05) is 12.1 Å². The van der Waals surface area contributed by atoms with Crippen molar-refractivity contribution in [2.24, 2.45) is 0 Å². The standard InChI is InChI=1S/C16H14N4O3/c1-12-3-2-4-15(9-12)22-10-16(21)23-14-7-5-13(6-8-14)20-11-17-18-19-20/h2-9,11H,10H2,1H3. The molecule has 0 spiro atoms. The molecule has 0 atom stereocenters. The Hall–Kier alpha value is -3.22. The average Bonchev–Trinajstić information content (AvgIpc) is 3.08. The highest BCUT2D eigenvalue weighted by atomic mass is 16.6. The summed E-state index contributed by atoms with van der Waals surface area (Å²) >= 11 is 0. The van der Waals surface area contributed by atoms with E-state index in [1.807, 2.05) is 25.1 Å². The summed E-state index contributed by atoms with van der Waals surface area (Å²) in [6.45, 7) is 1.80. The second-order valence-electron chi connectivity index (χ2n) is 4.83. The van der Waals surface area contributed by atoms with E-state index in [2.05, 4.69) is 15.5 Å². The molecule has 0 saturated heterocycles. The molecule has 3 rings (SSSR count). The minimum absolute atomic E-state index is 0.155. The minimum Gasteiger partial charge on any atom is -0.482 e. The third-order valence-electron chi connectivity index (χ3n) is 3.03. The fourth-order valence-electron chi connectivity index (χ4n) is 1.95. The number of carbonyl (C=O) groups is 1. The molecule has 0 amide bonds. The fourth-order valence-corrected chi connectivity index (χ4v) is 1.95. The monoisotopic (exact) mass is 310 g/mol. The lowest BCUT2D eigenvalue weighted by Crippen LogP contribution is -2.17. The van der Waals surface area contributed by atoms with E-state index in [0.717, 1.165) is 11.3 Å². The number of hydrogen-bond acceptors (Lipinski definition) is 6. The summed E-state index contributed by atoms with van der Waals surface area (Å²) in [5.41, 5.74) is 1.83. The van der Waals surface area contributed by atoms with Gasteiger partial charge in [0.25, 0.3) is 0 Å². The second-order valence-corrected chi connectivity index (χ2v) is 4.83. The van der Waals surface area contributed by atoms with Gasteiger partial charge in [-0.2, -0.15) is 0 Å². The Morgan fingerprint density at radius 1 is 1.13 bits per heavy atom. The second kappa shape index (κ2) is 6.69. The molecule has 0 aliphatic heterocycles. The van der Waals surface area contributed by atoms with E-state index in [4.69, 9.17) is 9.47 Å². The fraction of sp³-hybridized carbons (Fsp3) is 0.125. The Morgan fingerprint density at radius 3 is 2.65 bits per heavy atom. The predicted octanol–water partition coefficient (Wildman–Crippen LogP) is 1.96. The van der Waals surface area contributed by atoms with E-state index in [1.54, 1.807) is 30.3 Å². The Bertz CT molecular complexity index is 785. The molecular weight excluding hydrogens is 296 g/mol. The smallest absolute Gasteiger partial charge is 0.349 e. The van der Waals surface area contributed by atoms with E-state index in [0.29, 0.717) is 11.5 Å². The van der Waals surface area contributed by atoms with Crippen molar-refractivity contribution in [2.45, 2.75) is 6.92 Å². The first-order chi connectivity index (χ1) is 11.2. The zero-order valence-electron chi connectivity index (χ0n) is 12.4. The van der Waals surface area contributed by atoms with E-state index in [1.165, 1.54) is 11.0 Å². The van der Waals surface area contributed by atoms with Crippen LogP contribution >= 0.6 is 0 Å². The van der Waals surface area contributed by atoms with Gasteiger partial charge in [0.1, 0.15) is 17.8 Å². The summed E-state index contributed by atoms with van der Waals surface area (Å²) in [7, 11) is 0. The highest BCUT2D eigenvalue weighted by molar-refractivity contribution is 5.74. The highest BCUT2D eigenvalue weighted by Gasteiger charge is 2.07. The predicted molar refractivity (Wildman–Crippen MR) is 81.5 cm³/mol. The Labute approximate surface area is 132 Å². The molecule has 1 aromatic heterocycles. The van der Waals surface area contributed by atoms with Gasteiger partial charge in [0.05, 0.1) is 5.69 Å². The molecule has 0 unspecified atom stereocenters. The first-order valence-electron chi connectivity index (χ1n) is 6.94. The summed E-state index contributed by atoms with van der Waals surface area (Å²) in [4.78, 5) is 11.8. The number of rotatable bonds is 5. The molecule has 23 heavy (non-hydrogen) atoms. The van der Waals surface area contributed by atoms with Crippen LogP contribution in [0.3, 0.4) is 0 Å². The van der Waals surface area contributed by atoms with Gasteiger partial charge in [0, 0.05) is 0 Å². The molecule has 116 valence electrons. The van der Waals surface area contributed by atoms with E-state index >= 15 is 0 Å². The molecule has 7 nitrogen and oxygen atoms in total. The van der Waals surface area contributed by atoms with Crippen molar-refractivity contribution < 1.29 is 14.3 Å². The molecular formula is C16H14N4O3. The van der Waals surface area contributed by atoms with Crippen LogP contribution in [0.15, 0.2) is 54.9 Å². The van der Waals surface area contributed by atoms with Crippen molar-refractivity contribution in [3.63, 3.8) is 0 Å². The Kier molecular flexibility index (Phi) is 4.28. The molecule has 0 bridgehead atoms. The molecule has 1 heterocycles. The van der Waals surface area contributed by atoms with Crippen molar-refractivity contribution in [2.75, 3.05) is 6.61 Å². The topological polar surface area (TPSA) is 79.1 Å². The van der Waals surface area contributed by atoms with E-state index < -0.39 is 5.97 Å². The van der Waals surface area contributed by atoms with Crippen LogP contribution in [0.5, 0.6) is 11.5 Å². The Morgan fingerprint density at radius 2 is 1.96 bits per heavy atom. The zero-order valence-corrected chi connectivity index (χ0v) is 12.4. The number of aromatic nitrogens is 4. The largest absolute Gasteiger partial charge is 0.482 e. The molecule has 0 saturated carbocycles. The molecule has 0 radical (unpaired) electrons. The van der Waals surface area contributed by atoms with Crippen molar-refractivity contribution in [3.05, 3.63) is 60.4 Å². The number of tetrazole rings is 1. The molecule has 3 aromatic rings. The van der Waals surface area contributed by atoms with Crippen LogP contribution in [0, 0.1) is 6.92 Å². The SMILES string of the molecule is Cc1cccc(OCC(=O)Oc2ccc(-n3cnnn3)cc2)c1. The van der Waals surface area contributed by atoms with Gasteiger partial charge in [-0.15, -0.1) is 5.10 Å². The maximum Gasteiger partial charge on any atom is 0.349 e. The minimum atomic E-state index is -0.471. The van der Waals surface area contributed by atoms with Crippen LogP contribution in [0.2, 0.25) is 0 Å². The van der Waals surface area contributed by atoms with Crippen molar-refractivity contribution in [3.8, 4) is 17.2 Å². The van der Waals surface area contributed by atoms with Gasteiger partial charge in [0.2, 0.25) is 0 Å². The molecule has 0 fully saturated rings. The molecule has 0 N–H and O–H groups in total. The number of aryl methyl sites for hydroxylation is 1. The van der Waals surface area contributed by atoms with E-state index in [9.17, 15) is 4.79 Å². The van der Waals surface area contributed by atoms with Gasteiger partial charge >= 0.3 is 5.97 Å². The van der Waals surface area contributed by atoms with Crippen LogP contribution in [-0.2, 0) is 4.79 Å². The van der Waals surface area contributed by atoms with Gasteiger partial charge in [-0.25, -0.2) is 9.48 Å². The van der Waals surface area contributed by atoms with Gasteiger partial charge in [-0.3, -0.25) is 0 Å². The van der Waals surface area contributed by atoms with Crippen LogP contribution in [-0.4, -0.2) is 32.8 Å². The van der Waals surface area contributed by atoms with Crippen LogP contribution < -0.4 is 9.47 Å². The molecule has 0 aliphatic carbocycles. The van der Waals surface area contributed by atoms with Crippen LogP contribution in [0.4, 0.5) is 0 Å². The summed E-state index contributed by atoms with van der Waals surface area (Å²) < 4.78 is 12.1. The lowest BCUT2D eigenvalue weighted by molar-refractivity contribution is -0.136. The zero-order chi connectivity index (χ0) is 16.1. The number of nitrogens with zero attached hydrogens (tertiary/aromatic N) is 4. The molecule has 0 aliphatic rings. The summed E-state index contributed by atoms with van der Waals surface area (Å²) in [6.07, 6.45) is 1.48. The number of carbonyl (C=O) groups excluding carboxylic acids is 1. The Balaban J connectivity index is 1.55. The summed E-state index contributed by atoms with van der Waals surface area (Å²) in [5, 5.41) is 10.9. The van der Waals surface area contributed by atoms with Crippen LogP contribution in [0.25, 0.3) is 5.69 Å². The van der Waals surface area contributed by atoms with Gasteiger partial charge in [0.15, 0.2) is 6.61 Å². The molecule has 2 aromatic carbocycles. The number of benzene rings is 2. The lowest BCUT2D eigenvalue weighted by atomic mass is 10.2. The summed E-state index contributed by atoms with van der Waals surface area (Å²) in [5.74, 6) is 0.595. The third-order valence-corrected chi connectivity index (χ3v) is 3.03. The first-order valence-corrected chi connectivity index (χ1v) is 6.94. The van der Waals surface area contributed by atoms with E-state index in [-0.39, 0.29) is 6.61 Å². The quantitative estimate of drug-likeness (QED) is 0.529.